The highest BCUT2D eigenvalue weighted by Crippen LogP contribution is 2.53. The summed E-state index contributed by atoms with van der Waals surface area (Å²) in [6.45, 7) is 4.30. The van der Waals surface area contributed by atoms with Crippen molar-refractivity contribution < 1.29 is 14.3 Å². The number of ether oxygens (including phenoxy) is 1. The van der Waals surface area contributed by atoms with E-state index in [1.165, 1.54) is 0 Å². The molecule has 0 aromatic carbocycles. The lowest BCUT2D eigenvalue weighted by atomic mass is 9.59. The van der Waals surface area contributed by atoms with Gasteiger partial charge in [0.2, 0.25) is 5.91 Å². The van der Waals surface area contributed by atoms with Gasteiger partial charge in [0.05, 0.1) is 6.61 Å². The number of hydrogen-bond donors (Lipinski definition) is 1. The lowest BCUT2D eigenvalue weighted by Gasteiger charge is -2.45. The fourth-order valence-corrected chi connectivity index (χ4v) is 3.03. The van der Waals surface area contributed by atoms with Crippen LogP contribution in [0.4, 0.5) is 0 Å². The van der Waals surface area contributed by atoms with Crippen LogP contribution >= 0.6 is 0 Å². The molecule has 0 aromatic rings. The number of esters is 1. The molecule has 4 heteroatoms. The molecule has 84 valence electrons. The van der Waals surface area contributed by atoms with E-state index in [9.17, 15) is 9.59 Å². The molecular formula is C11H17NO3. The van der Waals surface area contributed by atoms with Crippen molar-refractivity contribution in [2.24, 2.45) is 11.3 Å². The maximum Gasteiger partial charge on any atom is 0.329 e. The van der Waals surface area contributed by atoms with E-state index in [0.717, 1.165) is 12.8 Å². The first-order valence-electron chi connectivity index (χ1n) is 5.53. The van der Waals surface area contributed by atoms with Gasteiger partial charge in [-0.2, -0.15) is 0 Å². The average molecular weight is 211 g/mol. The molecule has 0 radical (unpaired) electrons. The van der Waals surface area contributed by atoms with Gasteiger partial charge in [-0.3, -0.25) is 4.79 Å². The molecule has 1 aliphatic carbocycles. The Labute approximate surface area is 89.4 Å². The molecule has 1 N–H and O–H groups in total. The van der Waals surface area contributed by atoms with Gasteiger partial charge >= 0.3 is 5.97 Å². The molecule has 1 unspecified atom stereocenters. The van der Waals surface area contributed by atoms with Crippen molar-refractivity contribution in [3.05, 3.63) is 0 Å². The standard InChI is InChI=1S/C11H17NO3/c1-3-15-10(14)9-11(4-7(2)5-11)6-8(13)12-9/h7,9H,3-6H2,1-2H3,(H,12,13). The summed E-state index contributed by atoms with van der Waals surface area (Å²) in [7, 11) is 0. The summed E-state index contributed by atoms with van der Waals surface area (Å²) in [6, 6.07) is -0.402. The molecule has 1 amide bonds. The molecule has 0 bridgehead atoms. The van der Waals surface area contributed by atoms with E-state index in [-0.39, 0.29) is 17.3 Å². The van der Waals surface area contributed by atoms with Gasteiger partial charge in [0, 0.05) is 11.8 Å². The van der Waals surface area contributed by atoms with Crippen LogP contribution in [0.1, 0.15) is 33.1 Å². The second-order valence-corrected chi connectivity index (χ2v) is 4.81. The third-order valence-electron chi connectivity index (χ3n) is 3.46. The lowest BCUT2D eigenvalue weighted by Crippen LogP contribution is -2.50. The molecule has 1 atom stereocenters. The maximum absolute atomic E-state index is 11.7. The number of hydrogen-bond acceptors (Lipinski definition) is 3. The highest BCUT2D eigenvalue weighted by molar-refractivity contribution is 5.90. The molecule has 0 aromatic heterocycles. The predicted molar refractivity (Wildman–Crippen MR) is 54.0 cm³/mol. The van der Waals surface area contributed by atoms with Gasteiger partial charge in [-0.25, -0.2) is 4.79 Å². The van der Waals surface area contributed by atoms with Crippen molar-refractivity contribution in [2.75, 3.05) is 6.61 Å². The van der Waals surface area contributed by atoms with Crippen LogP contribution in [0.3, 0.4) is 0 Å². The Morgan fingerprint density at radius 1 is 1.60 bits per heavy atom. The molecule has 2 rings (SSSR count). The summed E-state index contributed by atoms with van der Waals surface area (Å²) >= 11 is 0. The summed E-state index contributed by atoms with van der Waals surface area (Å²) in [5.41, 5.74) is -0.136. The quantitative estimate of drug-likeness (QED) is 0.689. The van der Waals surface area contributed by atoms with Crippen LogP contribution in [0.15, 0.2) is 0 Å². The number of carbonyl (C=O) groups is 2. The minimum Gasteiger partial charge on any atom is -0.464 e. The summed E-state index contributed by atoms with van der Waals surface area (Å²) in [5.74, 6) is 0.338. The van der Waals surface area contributed by atoms with Crippen molar-refractivity contribution >= 4 is 11.9 Å². The van der Waals surface area contributed by atoms with Crippen LogP contribution in [-0.4, -0.2) is 24.5 Å². The van der Waals surface area contributed by atoms with E-state index in [0.29, 0.717) is 18.9 Å². The summed E-state index contributed by atoms with van der Waals surface area (Å²) < 4.78 is 4.99. The number of carbonyl (C=O) groups excluding carboxylic acids is 2. The van der Waals surface area contributed by atoms with Crippen LogP contribution in [0.5, 0.6) is 0 Å². The minimum atomic E-state index is -0.402. The van der Waals surface area contributed by atoms with E-state index < -0.39 is 6.04 Å². The summed E-state index contributed by atoms with van der Waals surface area (Å²) in [6.07, 6.45) is 2.39. The smallest absolute Gasteiger partial charge is 0.329 e. The van der Waals surface area contributed by atoms with Gasteiger partial charge in [-0.05, 0) is 25.7 Å². The Morgan fingerprint density at radius 2 is 2.27 bits per heavy atom. The van der Waals surface area contributed by atoms with E-state index in [4.69, 9.17) is 4.74 Å². The first-order chi connectivity index (χ1) is 7.07. The van der Waals surface area contributed by atoms with Crippen molar-refractivity contribution in [2.45, 2.75) is 39.2 Å². The zero-order valence-electron chi connectivity index (χ0n) is 9.21. The Bertz CT molecular complexity index is 294. The highest BCUT2D eigenvalue weighted by Gasteiger charge is 2.56. The fraction of sp³-hybridized carbons (Fsp3) is 0.818. The first-order valence-corrected chi connectivity index (χ1v) is 5.53. The largest absolute Gasteiger partial charge is 0.464 e. The molecule has 1 saturated carbocycles. The minimum absolute atomic E-state index is 0.0139. The zero-order valence-corrected chi connectivity index (χ0v) is 9.21. The summed E-state index contributed by atoms with van der Waals surface area (Å²) in [4.78, 5) is 23.0. The Balaban J connectivity index is 2.09. The molecule has 15 heavy (non-hydrogen) atoms. The normalized spacial score (nSPS) is 38.7. The van der Waals surface area contributed by atoms with Crippen LogP contribution < -0.4 is 5.32 Å². The van der Waals surface area contributed by atoms with Crippen LogP contribution in [0, 0.1) is 11.3 Å². The Morgan fingerprint density at radius 3 is 2.80 bits per heavy atom. The van der Waals surface area contributed by atoms with Gasteiger partial charge in [0.1, 0.15) is 6.04 Å². The van der Waals surface area contributed by atoms with E-state index in [2.05, 4.69) is 12.2 Å². The van der Waals surface area contributed by atoms with Crippen molar-refractivity contribution in [1.82, 2.24) is 5.32 Å². The van der Waals surface area contributed by atoms with E-state index >= 15 is 0 Å². The van der Waals surface area contributed by atoms with Gasteiger partial charge < -0.3 is 10.1 Å². The topological polar surface area (TPSA) is 55.4 Å². The summed E-state index contributed by atoms with van der Waals surface area (Å²) in [5, 5.41) is 2.74. The molecule has 1 aliphatic heterocycles. The zero-order chi connectivity index (χ0) is 11.1. The fourth-order valence-electron chi connectivity index (χ4n) is 3.03. The van der Waals surface area contributed by atoms with Crippen LogP contribution in [-0.2, 0) is 14.3 Å². The molecule has 1 saturated heterocycles. The Kier molecular flexibility index (Phi) is 2.44. The lowest BCUT2D eigenvalue weighted by molar-refractivity contribution is -0.151. The second-order valence-electron chi connectivity index (χ2n) is 4.81. The first kappa shape index (κ1) is 10.5. The third-order valence-corrected chi connectivity index (χ3v) is 3.46. The maximum atomic E-state index is 11.7. The molecule has 2 aliphatic rings. The van der Waals surface area contributed by atoms with Crippen molar-refractivity contribution in [3.8, 4) is 0 Å². The van der Waals surface area contributed by atoms with Gasteiger partial charge in [-0.1, -0.05) is 6.92 Å². The van der Waals surface area contributed by atoms with Gasteiger partial charge in [0.25, 0.3) is 0 Å². The molecule has 1 heterocycles. The molecular weight excluding hydrogens is 194 g/mol. The Hall–Kier alpha value is -1.06. The number of nitrogens with one attached hydrogen (secondary N) is 1. The van der Waals surface area contributed by atoms with E-state index in [1.807, 2.05) is 0 Å². The third kappa shape index (κ3) is 1.62. The van der Waals surface area contributed by atoms with E-state index in [1.54, 1.807) is 6.92 Å². The molecule has 1 spiro atoms. The second kappa shape index (κ2) is 3.51. The monoisotopic (exact) mass is 211 g/mol. The van der Waals surface area contributed by atoms with Crippen LogP contribution in [0.2, 0.25) is 0 Å². The highest BCUT2D eigenvalue weighted by atomic mass is 16.5. The molecule has 2 fully saturated rings. The average Bonchev–Trinajstić information content (AvgIpc) is 2.43. The van der Waals surface area contributed by atoms with Crippen molar-refractivity contribution in [1.29, 1.82) is 0 Å². The predicted octanol–water partition coefficient (Wildman–Crippen LogP) is 0.854. The SMILES string of the molecule is CCOC(=O)C1NC(=O)CC12CC(C)C2. The van der Waals surface area contributed by atoms with Crippen molar-refractivity contribution in [3.63, 3.8) is 0 Å². The molecule has 4 nitrogen and oxygen atoms in total. The number of rotatable bonds is 2. The van der Waals surface area contributed by atoms with Gasteiger partial charge in [0.15, 0.2) is 0 Å². The van der Waals surface area contributed by atoms with Gasteiger partial charge in [-0.15, -0.1) is 0 Å². The number of amides is 1. The van der Waals surface area contributed by atoms with Crippen LogP contribution in [0.25, 0.3) is 0 Å².